The Kier molecular flexibility index (Phi) is 9.20. The van der Waals surface area contributed by atoms with Crippen LogP contribution in [0.3, 0.4) is 0 Å². The Balaban J connectivity index is 1.88. The molecule has 1 amide bonds. The molecule has 2 aromatic rings. The van der Waals surface area contributed by atoms with E-state index in [0.717, 1.165) is 11.1 Å². The number of rotatable bonds is 13. The Morgan fingerprint density at radius 1 is 0.838 bits per heavy atom. The van der Waals surface area contributed by atoms with E-state index in [-0.39, 0.29) is 31.5 Å². The molecule has 2 N–H and O–H groups in total. The molecular formula is C26H29N3O8. The van der Waals surface area contributed by atoms with Gasteiger partial charge >= 0.3 is 5.97 Å². The average Bonchev–Trinajstić information content (AvgIpc) is 3.39. The maximum atomic E-state index is 12.5. The maximum absolute atomic E-state index is 12.5. The first-order chi connectivity index (χ1) is 17.8. The summed E-state index contributed by atoms with van der Waals surface area (Å²) in [6.45, 7) is 0.323. The fourth-order valence-corrected chi connectivity index (χ4v) is 3.82. The summed E-state index contributed by atoms with van der Waals surface area (Å²) in [7, 11) is 6.08. The highest BCUT2D eigenvalue weighted by Crippen LogP contribution is 2.43. The number of ketones is 1. The average molecular weight is 512 g/mol. The Morgan fingerprint density at radius 3 is 2.08 bits per heavy atom. The van der Waals surface area contributed by atoms with E-state index in [0.29, 0.717) is 46.5 Å². The number of methoxy groups -OCH3 is 4. The fraction of sp³-hybridized carbons (Fsp3) is 0.346. The molecular weight excluding hydrogens is 482 g/mol. The van der Waals surface area contributed by atoms with Crippen molar-refractivity contribution in [3.05, 3.63) is 41.5 Å². The fourth-order valence-electron chi connectivity index (χ4n) is 3.82. The molecule has 0 bridgehead atoms. The maximum Gasteiger partial charge on any atom is 0.303 e. The lowest BCUT2D eigenvalue weighted by molar-refractivity contribution is -0.138. The van der Waals surface area contributed by atoms with Crippen molar-refractivity contribution < 1.29 is 38.4 Å². The Labute approximate surface area is 214 Å². The van der Waals surface area contributed by atoms with Gasteiger partial charge in [0.2, 0.25) is 11.7 Å². The van der Waals surface area contributed by atoms with Crippen LogP contribution in [-0.4, -0.2) is 57.8 Å². The van der Waals surface area contributed by atoms with Crippen LogP contribution >= 0.6 is 0 Å². The van der Waals surface area contributed by atoms with Gasteiger partial charge in [-0.3, -0.25) is 14.4 Å². The lowest BCUT2D eigenvalue weighted by Gasteiger charge is -2.15. The van der Waals surface area contributed by atoms with Crippen LogP contribution in [0, 0.1) is 0 Å². The number of Topliss-reactive ketones (excluding diaryl/α,β-unsaturated/α-hetero) is 1. The minimum Gasteiger partial charge on any atom is -0.495 e. The summed E-state index contributed by atoms with van der Waals surface area (Å²) in [5.74, 6) is 0.131. The second-order valence-corrected chi connectivity index (χ2v) is 8.04. The van der Waals surface area contributed by atoms with Gasteiger partial charge in [-0.25, -0.2) is 0 Å². The highest BCUT2D eigenvalue weighted by Gasteiger charge is 2.22. The molecule has 1 aliphatic rings. The number of azo groups is 1. The highest BCUT2D eigenvalue weighted by atomic mass is 16.5. The van der Waals surface area contributed by atoms with Gasteiger partial charge in [-0.2, -0.15) is 10.2 Å². The minimum atomic E-state index is -1.05. The molecule has 0 radical (unpaired) electrons. The number of ether oxygens (including phenoxy) is 4. The number of carboxylic acid groups (broad SMARTS) is 1. The van der Waals surface area contributed by atoms with Crippen LogP contribution < -0.4 is 24.3 Å². The van der Waals surface area contributed by atoms with Crippen LogP contribution in [0.5, 0.6) is 23.0 Å². The van der Waals surface area contributed by atoms with Crippen molar-refractivity contribution in [2.45, 2.75) is 25.7 Å². The zero-order valence-electron chi connectivity index (χ0n) is 21.1. The second kappa shape index (κ2) is 12.5. The lowest BCUT2D eigenvalue weighted by atomic mass is 9.99. The smallest absolute Gasteiger partial charge is 0.303 e. The van der Waals surface area contributed by atoms with E-state index in [1.165, 1.54) is 28.4 Å². The molecule has 0 atom stereocenters. The Hall–Kier alpha value is -4.41. The number of nitrogens with one attached hydrogen (secondary N) is 1. The van der Waals surface area contributed by atoms with E-state index >= 15 is 0 Å². The van der Waals surface area contributed by atoms with Gasteiger partial charge in [0.05, 0.1) is 52.8 Å². The summed E-state index contributed by atoms with van der Waals surface area (Å²) in [6, 6.07) is 8.89. The molecule has 0 saturated heterocycles. The molecule has 0 fully saturated rings. The quantitative estimate of drug-likeness (QED) is 0.407. The van der Waals surface area contributed by atoms with Crippen molar-refractivity contribution in [2.75, 3.05) is 40.3 Å². The molecule has 0 spiro atoms. The predicted octanol–water partition coefficient (Wildman–Crippen LogP) is 4.21. The molecule has 3 rings (SSSR count). The first-order valence-corrected chi connectivity index (χ1v) is 11.4. The number of nitrogens with zero attached hydrogens (tertiary/aromatic N) is 2. The number of carbonyl (C=O) groups is 3. The van der Waals surface area contributed by atoms with Crippen LogP contribution in [0.25, 0.3) is 11.3 Å². The third-order valence-corrected chi connectivity index (χ3v) is 5.69. The van der Waals surface area contributed by atoms with Gasteiger partial charge in [-0.1, -0.05) is 6.07 Å². The molecule has 1 aliphatic heterocycles. The van der Waals surface area contributed by atoms with Crippen molar-refractivity contribution in [2.24, 2.45) is 10.2 Å². The lowest BCUT2D eigenvalue weighted by Crippen LogP contribution is -2.14. The molecule has 0 aromatic heterocycles. The third kappa shape index (κ3) is 6.63. The summed E-state index contributed by atoms with van der Waals surface area (Å²) in [6.07, 6.45) is -0.479. The van der Waals surface area contributed by atoms with Crippen LogP contribution in [0.4, 0.5) is 5.69 Å². The van der Waals surface area contributed by atoms with E-state index in [4.69, 9.17) is 24.1 Å². The molecule has 37 heavy (non-hydrogen) atoms. The molecule has 11 heteroatoms. The van der Waals surface area contributed by atoms with Crippen LogP contribution in [0.15, 0.2) is 40.6 Å². The van der Waals surface area contributed by atoms with E-state index in [2.05, 4.69) is 15.5 Å². The van der Waals surface area contributed by atoms with E-state index in [1.54, 1.807) is 24.3 Å². The number of hydrogen-bond donors (Lipinski definition) is 2. The first kappa shape index (κ1) is 27.2. The second-order valence-electron chi connectivity index (χ2n) is 8.04. The molecule has 2 aromatic carbocycles. The van der Waals surface area contributed by atoms with Crippen molar-refractivity contribution in [1.82, 2.24) is 0 Å². The summed E-state index contributed by atoms with van der Waals surface area (Å²) in [4.78, 5) is 35.0. The number of amides is 1. The zero-order valence-corrected chi connectivity index (χ0v) is 21.1. The standard InChI is InChI=1S/C26H29N3O8/c1-34-20-8-5-15(11-19(20)28-23(31)9-6-17(30)7-10-24(32)33)18-14-27-29-25(18)16-12-21(35-2)26(37-4)22(13-16)36-3/h5,8,11-13H,6-7,9-10,14H2,1-4H3,(H,28,31)(H,32,33). The van der Waals surface area contributed by atoms with Crippen molar-refractivity contribution >= 4 is 34.6 Å². The summed E-state index contributed by atoms with van der Waals surface area (Å²) in [5, 5.41) is 20.0. The SMILES string of the molecule is COc1ccc(C2=C(c3cc(OC)c(OC)c(OC)c3)N=NC2)cc1NC(=O)CCC(=O)CCC(=O)O. The largest absolute Gasteiger partial charge is 0.495 e. The number of benzene rings is 2. The van der Waals surface area contributed by atoms with Crippen molar-refractivity contribution in [3.63, 3.8) is 0 Å². The first-order valence-electron chi connectivity index (χ1n) is 11.4. The molecule has 11 nitrogen and oxygen atoms in total. The molecule has 1 heterocycles. The van der Waals surface area contributed by atoms with Gasteiger partial charge in [0.25, 0.3) is 0 Å². The highest BCUT2D eigenvalue weighted by molar-refractivity contribution is 5.98. The monoisotopic (exact) mass is 511 g/mol. The molecule has 196 valence electrons. The van der Waals surface area contributed by atoms with Gasteiger partial charge in [-0.05, 0) is 29.8 Å². The van der Waals surface area contributed by atoms with E-state index in [9.17, 15) is 14.4 Å². The number of carboxylic acids is 1. The van der Waals surface area contributed by atoms with Crippen LogP contribution in [-0.2, 0) is 14.4 Å². The number of aliphatic carboxylic acids is 1. The predicted molar refractivity (Wildman–Crippen MR) is 135 cm³/mol. The van der Waals surface area contributed by atoms with Gasteiger partial charge in [0, 0.05) is 30.4 Å². The Morgan fingerprint density at radius 2 is 1.49 bits per heavy atom. The van der Waals surface area contributed by atoms with E-state index < -0.39 is 11.9 Å². The normalized spacial score (nSPS) is 12.3. The van der Waals surface area contributed by atoms with Gasteiger partial charge in [-0.15, -0.1) is 0 Å². The van der Waals surface area contributed by atoms with Crippen LogP contribution in [0.2, 0.25) is 0 Å². The van der Waals surface area contributed by atoms with Gasteiger partial charge < -0.3 is 29.4 Å². The summed E-state index contributed by atoms with van der Waals surface area (Å²) < 4.78 is 21.7. The number of hydrogen-bond acceptors (Lipinski definition) is 9. The van der Waals surface area contributed by atoms with E-state index in [1.807, 2.05) is 6.07 Å². The number of anilines is 1. The summed E-state index contributed by atoms with van der Waals surface area (Å²) >= 11 is 0. The zero-order chi connectivity index (χ0) is 26.9. The van der Waals surface area contributed by atoms with Crippen molar-refractivity contribution in [3.8, 4) is 23.0 Å². The van der Waals surface area contributed by atoms with Crippen molar-refractivity contribution in [1.29, 1.82) is 0 Å². The third-order valence-electron chi connectivity index (χ3n) is 5.69. The summed E-state index contributed by atoms with van der Waals surface area (Å²) in [5.41, 5.74) is 3.34. The van der Waals surface area contributed by atoms with Gasteiger partial charge in [0.1, 0.15) is 11.5 Å². The topological polar surface area (TPSA) is 145 Å². The molecule has 0 unspecified atom stereocenters. The Bertz CT molecular complexity index is 1230. The van der Waals surface area contributed by atoms with Gasteiger partial charge in [0.15, 0.2) is 11.5 Å². The minimum absolute atomic E-state index is 0.0463. The molecule has 0 aliphatic carbocycles. The van der Waals surface area contributed by atoms with Crippen LogP contribution in [0.1, 0.15) is 36.8 Å². The number of carbonyl (C=O) groups excluding carboxylic acids is 2. The molecule has 0 saturated carbocycles.